The summed E-state index contributed by atoms with van der Waals surface area (Å²) in [5.74, 6) is -0.394. The fraction of sp³-hybridized carbons (Fsp3) is 0.231. The molecule has 0 aliphatic carbocycles. The summed E-state index contributed by atoms with van der Waals surface area (Å²) in [6.45, 7) is 0.447. The zero-order valence-corrected chi connectivity index (χ0v) is 12.2. The number of hydrogen-bond donors (Lipinski definition) is 0. The van der Waals surface area contributed by atoms with Crippen LogP contribution in [0.2, 0.25) is 0 Å². The number of methoxy groups -OCH3 is 1. The number of carbonyl (C=O) groups excluding carboxylic acids is 1. The third-order valence-electron chi connectivity index (χ3n) is 2.84. The van der Waals surface area contributed by atoms with Crippen LogP contribution in [0.1, 0.15) is 15.9 Å². The molecular formula is C13H13BrN2O3. The number of aryl methyl sites for hydroxylation is 1. The molecule has 5 nitrogen and oxygen atoms in total. The maximum absolute atomic E-state index is 11.6. The van der Waals surface area contributed by atoms with E-state index in [1.54, 1.807) is 34.7 Å². The van der Waals surface area contributed by atoms with Crippen LogP contribution in [0, 0.1) is 0 Å². The lowest BCUT2D eigenvalue weighted by atomic mass is 10.1. The Bertz CT molecular complexity index is 673. The average molecular weight is 325 g/mol. The van der Waals surface area contributed by atoms with Gasteiger partial charge in [0.15, 0.2) is 0 Å². The van der Waals surface area contributed by atoms with Crippen molar-refractivity contribution in [2.45, 2.75) is 6.54 Å². The van der Waals surface area contributed by atoms with E-state index in [1.165, 1.54) is 13.2 Å². The second-order valence-corrected chi connectivity index (χ2v) is 4.95. The highest BCUT2D eigenvalue weighted by Crippen LogP contribution is 2.19. The minimum atomic E-state index is -0.394. The van der Waals surface area contributed by atoms with E-state index >= 15 is 0 Å². The second-order valence-electron chi connectivity index (χ2n) is 4.09. The lowest BCUT2D eigenvalue weighted by Crippen LogP contribution is -2.21. The van der Waals surface area contributed by atoms with Crippen molar-refractivity contribution in [2.75, 3.05) is 7.11 Å². The zero-order valence-electron chi connectivity index (χ0n) is 10.6. The summed E-state index contributed by atoms with van der Waals surface area (Å²) in [6, 6.07) is 6.80. The van der Waals surface area contributed by atoms with Gasteiger partial charge in [-0.05, 0) is 33.6 Å². The highest BCUT2D eigenvalue weighted by atomic mass is 79.9. The first-order valence-electron chi connectivity index (χ1n) is 5.62. The molecule has 1 heterocycles. The van der Waals surface area contributed by atoms with Crippen LogP contribution in [-0.4, -0.2) is 22.4 Å². The van der Waals surface area contributed by atoms with Gasteiger partial charge in [0.2, 0.25) is 0 Å². The van der Waals surface area contributed by atoms with Crippen molar-refractivity contribution in [3.63, 3.8) is 0 Å². The van der Waals surface area contributed by atoms with Gasteiger partial charge < -0.3 is 4.74 Å². The summed E-state index contributed by atoms with van der Waals surface area (Å²) < 4.78 is 8.65. The Hall–Kier alpha value is -1.82. The van der Waals surface area contributed by atoms with Crippen LogP contribution in [0.3, 0.4) is 0 Å². The number of carbonyl (C=O) groups is 1. The molecule has 2 rings (SSSR count). The maximum atomic E-state index is 11.6. The molecule has 0 saturated carbocycles. The van der Waals surface area contributed by atoms with Gasteiger partial charge in [-0.25, -0.2) is 9.48 Å². The van der Waals surface area contributed by atoms with Gasteiger partial charge in [0, 0.05) is 23.8 Å². The number of hydrogen-bond acceptors (Lipinski definition) is 3. The predicted molar refractivity (Wildman–Crippen MR) is 74.3 cm³/mol. The molecule has 0 spiro atoms. The first kappa shape index (κ1) is 13.6. The van der Waals surface area contributed by atoms with Crippen molar-refractivity contribution in [3.05, 3.63) is 56.4 Å². The molecule has 0 aliphatic rings. The van der Waals surface area contributed by atoms with Crippen LogP contribution in [-0.2, 0) is 18.3 Å². The van der Waals surface area contributed by atoms with Crippen LogP contribution >= 0.6 is 15.9 Å². The Labute approximate surface area is 118 Å². The normalized spacial score (nSPS) is 10.5. The van der Waals surface area contributed by atoms with Gasteiger partial charge in [-0.2, -0.15) is 0 Å². The Morgan fingerprint density at radius 1 is 1.37 bits per heavy atom. The lowest BCUT2D eigenvalue weighted by Gasteiger charge is -2.09. The Kier molecular flexibility index (Phi) is 3.90. The molecule has 2 aromatic rings. The molecule has 0 amide bonds. The number of nitrogens with zero attached hydrogens (tertiary/aromatic N) is 2. The van der Waals surface area contributed by atoms with Crippen molar-refractivity contribution in [3.8, 4) is 0 Å². The summed E-state index contributed by atoms with van der Waals surface area (Å²) in [5, 5.41) is 0. The van der Waals surface area contributed by atoms with E-state index in [-0.39, 0.29) is 5.56 Å². The molecule has 6 heteroatoms. The number of ether oxygens (including phenoxy) is 1. The largest absolute Gasteiger partial charge is 0.465 e. The third kappa shape index (κ3) is 2.78. The monoisotopic (exact) mass is 324 g/mol. The average Bonchev–Trinajstić information content (AvgIpc) is 2.70. The van der Waals surface area contributed by atoms with Crippen molar-refractivity contribution in [2.24, 2.45) is 7.05 Å². The molecule has 100 valence electrons. The lowest BCUT2D eigenvalue weighted by molar-refractivity contribution is 0.0599. The molecule has 0 bridgehead atoms. The van der Waals surface area contributed by atoms with Crippen molar-refractivity contribution in [1.82, 2.24) is 9.36 Å². The van der Waals surface area contributed by atoms with E-state index in [0.29, 0.717) is 16.6 Å². The molecule has 0 saturated heterocycles. The summed E-state index contributed by atoms with van der Waals surface area (Å²) in [5.41, 5.74) is 1.32. The van der Waals surface area contributed by atoms with E-state index in [0.717, 1.165) is 5.56 Å². The van der Waals surface area contributed by atoms with Crippen LogP contribution in [0.5, 0.6) is 0 Å². The number of halogens is 1. The minimum absolute atomic E-state index is 0.0596. The van der Waals surface area contributed by atoms with Crippen molar-refractivity contribution in [1.29, 1.82) is 0 Å². The van der Waals surface area contributed by atoms with E-state index in [2.05, 4.69) is 20.7 Å². The van der Waals surface area contributed by atoms with Gasteiger partial charge in [-0.1, -0.05) is 6.07 Å². The molecule has 1 aromatic heterocycles. The van der Waals surface area contributed by atoms with E-state index in [4.69, 9.17) is 0 Å². The van der Waals surface area contributed by atoms with Gasteiger partial charge in [-0.15, -0.1) is 0 Å². The molecule has 0 radical (unpaired) electrons. The summed E-state index contributed by atoms with van der Waals surface area (Å²) in [4.78, 5) is 23.1. The molecular weight excluding hydrogens is 312 g/mol. The van der Waals surface area contributed by atoms with Crippen LogP contribution < -0.4 is 5.56 Å². The van der Waals surface area contributed by atoms with Gasteiger partial charge in [0.05, 0.1) is 19.2 Å². The number of rotatable bonds is 3. The fourth-order valence-electron chi connectivity index (χ4n) is 1.79. The Balaban J connectivity index is 2.31. The topological polar surface area (TPSA) is 53.2 Å². The second kappa shape index (κ2) is 5.44. The molecule has 0 unspecified atom stereocenters. The van der Waals surface area contributed by atoms with Crippen molar-refractivity contribution < 1.29 is 9.53 Å². The fourth-order valence-corrected chi connectivity index (χ4v) is 2.38. The first-order chi connectivity index (χ1) is 9.02. The third-order valence-corrected chi connectivity index (χ3v) is 3.50. The molecule has 0 aliphatic heterocycles. The molecule has 0 atom stereocenters. The minimum Gasteiger partial charge on any atom is -0.465 e. The van der Waals surface area contributed by atoms with E-state index in [1.807, 2.05) is 6.07 Å². The highest BCUT2D eigenvalue weighted by Gasteiger charge is 2.11. The predicted octanol–water partition coefficient (Wildman–Crippen LogP) is 1.78. The van der Waals surface area contributed by atoms with Crippen LogP contribution in [0.4, 0.5) is 0 Å². The van der Waals surface area contributed by atoms with Crippen LogP contribution in [0.15, 0.2) is 39.7 Å². The van der Waals surface area contributed by atoms with Crippen molar-refractivity contribution >= 4 is 21.9 Å². The van der Waals surface area contributed by atoms with E-state index < -0.39 is 5.97 Å². The first-order valence-corrected chi connectivity index (χ1v) is 6.41. The summed E-state index contributed by atoms with van der Waals surface area (Å²) >= 11 is 3.33. The van der Waals surface area contributed by atoms with Gasteiger partial charge in [-0.3, -0.25) is 9.48 Å². The maximum Gasteiger partial charge on any atom is 0.339 e. The Morgan fingerprint density at radius 3 is 2.63 bits per heavy atom. The SMILES string of the molecule is COC(=O)c1ccc(Cn2c(=O)ccn2C)cc1Br. The highest BCUT2D eigenvalue weighted by molar-refractivity contribution is 9.10. The van der Waals surface area contributed by atoms with Gasteiger partial charge in [0.25, 0.3) is 5.56 Å². The zero-order chi connectivity index (χ0) is 14.0. The van der Waals surface area contributed by atoms with E-state index in [9.17, 15) is 9.59 Å². The smallest absolute Gasteiger partial charge is 0.339 e. The number of benzene rings is 1. The van der Waals surface area contributed by atoms with Gasteiger partial charge in [0.1, 0.15) is 0 Å². The van der Waals surface area contributed by atoms with Crippen LogP contribution in [0.25, 0.3) is 0 Å². The number of esters is 1. The number of aromatic nitrogens is 2. The summed E-state index contributed by atoms with van der Waals surface area (Å²) in [7, 11) is 3.14. The Morgan fingerprint density at radius 2 is 2.11 bits per heavy atom. The molecule has 19 heavy (non-hydrogen) atoms. The molecule has 0 N–H and O–H groups in total. The standard InChI is InChI=1S/C13H13BrN2O3/c1-15-6-5-12(17)16(15)8-9-3-4-10(11(14)7-9)13(18)19-2/h3-7H,8H2,1-2H3. The summed E-state index contributed by atoms with van der Waals surface area (Å²) in [6.07, 6.45) is 1.71. The van der Waals surface area contributed by atoms with Gasteiger partial charge >= 0.3 is 5.97 Å². The quantitative estimate of drug-likeness (QED) is 0.809. The molecule has 1 aromatic carbocycles. The molecule has 0 fully saturated rings.